The van der Waals surface area contributed by atoms with E-state index in [0.717, 1.165) is 12.1 Å². The number of aryl methyl sites for hydroxylation is 1. The summed E-state index contributed by atoms with van der Waals surface area (Å²) in [4.78, 5) is 16.0. The van der Waals surface area contributed by atoms with Crippen LogP contribution in [0, 0.1) is 5.92 Å². The molecule has 1 fully saturated rings. The minimum absolute atomic E-state index is 0.00845. The van der Waals surface area contributed by atoms with Crippen LogP contribution in [0.1, 0.15) is 38.8 Å². The van der Waals surface area contributed by atoms with Crippen molar-refractivity contribution in [2.45, 2.75) is 38.7 Å². The molecular weight excluding hydrogens is 204 g/mol. The van der Waals surface area contributed by atoms with Gasteiger partial charge in [0.15, 0.2) is 0 Å². The van der Waals surface area contributed by atoms with Gasteiger partial charge in [0, 0.05) is 19.2 Å². The van der Waals surface area contributed by atoms with Crippen LogP contribution in [0.5, 0.6) is 0 Å². The molecule has 2 atom stereocenters. The molecule has 0 radical (unpaired) electrons. The van der Waals surface area contributed by atoms with Gasteiger partial charge in [0.2, 0.25) is 0 Å². The van der Waals surface area contributed by atoms with Gasteiger partial charge in [0.1, 0.15) is 5.60 Å². The number of esters is 1. The fourth-order valence-electron chi connectivity index (χ4n) is 1.78. The average Bonchev–Trinajstić information content (AvgIpc) is 2.81. The molecule has 1 aromatic rings. The lowest BCUT2D eigenvalue weighted by molar-refractivity contribution is -0.156. The molecule has 0 amide bonds. The molecule has 2 rings (SSSR count). The van der Waals surface area contributed by atoms with Crippen LogP contribution >= 0.6 is 0 Å². The summed E-state index contributed by atoms with van der Waals surface area (Å²) in [6.45, 7) is 5.68. The quantitative estimate of drug-likeness (QED) is 0.717. The predicted octanol–water partition coefficient (Wildman–Crippen LogP) is 1.87. The molecule has 0 bridgehead atoms. The third kappa shape index (κ3) is 2.43. The largest absolute Gasteiger partial charge is 0.460 e. The lowest BCUT2D eigenvalue weighted by Gasteiger charge is -2.19. The predicted molar refractivity (Wildman–Crippen MR) is 59.9 cm³/mol. The summed E-state index contributed by atoms with van der Waals surface area (Å²) in [5.74, 6) is 0.174. The zero-order chi connectivity index (χ0) is 11.9. The smallest absolute Gasteiger partial charge is 0.310 e. The molecule has 1 aliphatic rings. The van der Waals surface area contributed by atoms with Crippen LogP contribution in [-0.2, 0) is 16.6 Å². The van der Waals surface area contributed by atoms with Crippen LogP contribution in [0.2, 0.25) is 0 Å². The Bertz CT molecular complexity index is 403. The van der Waals surface area contributed by atoms with E-state index in [1.807, 2.05) is 38.6 Å². The molecule has 0 aromatic carbocycles. The lowest BCUT2D eigenvalue weighted by Crippen LogP contribution is -2.25. The zero-order valence-electron chi connectivity index (χ0n) is 10.2. The van der Waals surface area contributed by atoms with Crippen molar-refractivity contribution in [1.82, 2.24) is 9.55 Å². The van der Waals surface area contributed by atoms with E-state index in [4.69, 9.17) is 4.74 Å². The van der Waals surface area contributed by atoms with Crippen LogP contribution in [-0.4, -0.2) is 21.1 Å². The highest BCUT2D eigenvalue weighted by Gasteiger charge is 2.47. The molecule has 2 unspecified atom stereocenters. The number of aromatic nitrogens is 2. The topological polar surface area (TPSA) is 44.1 Å². The molecule has 1 saturated carbocycles. The normalized spacial score (nSPS) is 24.2. The van der Waals surface area contributed by atoms with E-state index in [1.54, 1.807) is 6.33 Å². The summed E-state index contributed by atoms with van der Waals surface area (Å²) >= 11 is 0. The van der Waals surface area contributed by atoms with E-state index in [2.05, 4.69) is 4.98 Å². The molecule has 16 heavy (non-hydrogen) atoms. The maximum Gasteiger partial charge on any atom is 0.310 e. The number of ether oxygens (including phenoxy) is 1. The highest BCUT2D eigenvalue weighted by molar-refractivity contribution is 5.77. The third-order valence-electron chi connectivity index (χ3n) is 2.60. The van der Waals surface area contributed by atoms with Crippen LogP contribution < -0.4 is 0 Å². The van der Waals surface area contributed by atoms with Gasteiger partial charge in [-0.3, -0.25) is 4.79 Å². The van der Waals surface area contributed by atoms with Crippen molar-refractivity contribution in [3.05, 3.63) is 18.2 Å². The standard InChI is InChI=1S/C12H18N2O2/c1-12(2,3)16-11(15)9-5-8(9)10-6-14(4)7-13-10/h6-9H,5H2,1-4H3. The zero-order valence-corrected chi connectivity index (χ0v) is 10.2. The maximum absolute atomic E-state index is 11.8. The highest BCUT2D eigenvalue weighted by atomic mass is 16.6. The van der Waals surface area contributed by atoms with Gasteiger partial charge in [0.05, 0.1) is 17.9 Å². The number of carbonyl (C=O) groups is 1. The average molecular weight is 222 g/mol. The minimum atomic E-state index is -0.395. The van der Waals surface area contributed by atoms with E-state index < -0.39 is 5.60 Å². The van der Waals surface area contributed by atoms with Crippen molar-refractivity contribution >= 4 is 5.97 Å². The first-order valence-electron chi connectivity index (χ1n) is 5.57. The van der Waals surface area contributed by atoms with Crippen LogP contribution in [0.3, 0.4) is 0 Å². The summed E-state index contributed by atoms with van der Waals surface area (Å²) in [7, 11) is 1.93. The number of hydrogen-bond donors (Lipinski definition) is 0. The van der Waals surface area contributed by atoms with Crippen LogP contribution in [0.25, 0.3) is 0 Å². The van der Waals surface area contributed by atoms with E-state index in [0.29, 0.717) is 0 Å². The van der Waals surface area contributed by atoms with Gasteiger partial charge in [-0.1, -0.05) is 0 Å². The summed E-state index contributed by atoms with van der Waals surface area (Å²) in [5, 5.41) is 0. The highest BCUT2D eigenvalue weighted by Crippen LogP contribution is 2.47. The fraction of sp³-hybridized carbons (Fsp3) is 0.667. The number of rotatable bonds is 2. The third-order valence-corrected chi connectivity index (χ3v) is 2.60. The van der Waals surface area contributed by atoms with E-state index in [-0.39, 0.29) is 17.8 Å². The Kier molecular flexibility index (Phi) is 2.52. The molecule has 0 saturated heterocycles. The summed E-state index contributed by atoms with van der Waals surface area (Å²) in [6, 6.07) is 0. The molecule has 4 heteroatoms. The SMILES string of the molecule is Cn1cnc(C2CC2C(=O)OC(C)(C)C)c1. The molecular formula is C12H18N2O2. The fourth-order valence-corrected chi connectivity index (χ4v) is 1.78. The van der Waals surface area contributed by atoms with Crippen LogP contribution in [0.15, 0.2) is 12.5 Å². The van der Waals surface area contributed by atoms with Gasteiger partial charge in [-0.25, -0.2) is 4.98 Å². The van der Waals surface area contributed by atoms with Gasteiger partial charge < -0.3 is 9.30 Å². The van der Waals surface area contributed by atoms with Gasteiger partial charge >= 0.3 is 5.97 Å². The summed E-state index contributed by atoms with van der Waals surface area (Å²) < 4.78 is 7.25. The lowest BCUT2D eigenvalue weighted by atomic mass is 10.2. The summed E-state index contributed by atoms with van der Waals surface area (Å²) in [5.41, 5.74) is 0.604. The van der Waals surface area contributed by atoms with Crippen molar-refractivity contribution in [3.8, 4) is 0 Å². The maximum atomic E-state index is 11.8. The Balaban J connectivity index is 1.94. The van der Waals surface area contributed by atoms with Crippen molar-refractivity contribution in [2.75, 3.05) is 0 Å². The van der Waals surface area contributed by atoms with Crippen molar-refractivity contribution in [3.63, 3.8) is 0 Å². The molecule has 1 aliphatic carbocycles. The number of imidazole rings is 1. The van der Waals surface area contributed by atoms with E-state index in [9.17, 15) is 4.79 Å². The minimum Gasteiger partial charge on any atom is -0.460 e. The van der Waals surface area contributed by atoms with Crippen LogP contribution in [0.4, 0.5) is 0 Å². The monoisotopic (exact) mass is 222 g/mol. The molecule has 0 aliphatic heterocycles. The molecule has 0 N–H and O–H groups in total. The van der Waals surface area contributed by atoms with Gasteiger partial charge in [0.25, 0.3) is 0 Å². The second kappa shape index (κ2) is 3.61. The Morgan fingerprint density at radius 1 is 1.56 bits per heavy atom. The van der Waals surface area contributed by atoms with E-state index >= 15 is 0 Å². The Morgan fingerprint density at radius 3 is 2.75 bits per heavy atom. The first-order valence-corrected chi connectivity index (χ1v) is 5.57. The number of nitrogens with zero attached hydrogens (tertiary/aromatic N) is 2. The second-order valence-corrected chi connectivity index (χ2v) is 5.45. The van der Waals surface area contributed by atoms with Crippen molar-refractivity contribution in [2.24, 2.45) is 13.0 Å². The van der Waals surface area contributed by atoms with Gasteiger partial charge in [-0.15, -0.1) is 0 Å². The molecule has 0 spiro atoms. The second-order valence-electron chi connectivity index (χ2n) is 5.45. The first-order chi connectivity index (χ1) is 7.37. The molecule has 1 heterocycles. The first kappa shape index (κ1) is 11.2. The Labute approximate surface area is 95.6 Å². The van der Waals surface area contributed by atoms with Gasteiger partial charge in [-0.05, 0) is 27.2 Å². The molecule has 88 valence electrons. The Morgan fingerprint density at radius 2 is 2.25 bits per heavy atom. The van der Waals surface area contributed by atoms with Crippen molar-refractivity contribution < 1.29 is 9.53 Å². The number of hydrogen-bond acceptors (Lipinski definition) is 3. The summed E-state index contributed by atoms with van der Waals surface area (Å²) in [6.07, 6.45) is 4.60. The Hall–Kier alpha value is -1.32. The molecule has 1 aromatic heterocycles. The number of carbonyl (C=O) groups excluding carboxylic acids is 1. The molecule has 4 nitrogen and oxygen atoms in total. The van der Waals surface area contributed by atoms with E-state index in [1.165, 1.54) is 0 Å². The van der Waals surface area contributed by atoms with Gasteiger partial charge in [-0.2, -0.15) is 0 Å². The van der Waals surface area contributed by atoms with Crippen molar-refractivity contribution in [1.29, 1.82) is 0 Å².